The van der Waals surface area contributed by atoms with Gasteiger partial charge in [-0.1, -0.05) is 25.4 Å². The molecule has 94 valence electrons. The largest absolute Gasteiger partial charge is 0.436 e. The van der Waals surface area contributed by atoms with Crippen molar-refractivity contribution in [3.05, 3.63) is 16.4 Å². The van der Waals surface area contributed by atoms with Crippen molar-refractivity contribution >= 4 is 11.6 Å². The van der Waals surface area contributed by atoms with Gasteiger partial charge in [0.05, 0.1) is 6.04 Å². The van der Waals surface area contributed by atoms with E-state index in [1.165, 1.54) is 6.07 Å². The van der Waals surface area contributed by atoms with Gasteiger partial charge in [-0.05, 0) is 12.8 Å². The quantitative estimate of drug-likeness (QED) is 0.834. The van der Waals surface area contributed by atoms with Crippen molar-refractivity contribution in [3.63, 3.8) is 0 Å². The van der Waals surface area contributed by atoms with Crippen LogP contribution in [0.1, 0.15) is 44.0 Å². The monoisotopic (exact) mass is 265 g/mol. The lowest BCUT2D eigenvalue weighted by Crippen LogP contribution is -2.12. The van der Waals surface area contributed by atoms with Crippen molar-refractivity contribution in [1.82, 2.24) is 9.78 Å². The average Bonchev–Trinajstić information content (AvgIpc) is 2.58. The zero-order valence-electron chi connectivity index (χ0n) is 9.35. The van der Waals surface area contributed by atoms with Crippen LogP contribution in [0.3, 0.4) is 0 Å². The number of hydrogen-bond acceptors (Lipinski definition) is 2. The van der Waals surface area contributed by atoms with E-state index < -0.39 is 17.4 Å². The van der Waals surface area contributed by atoms with Gasteiger partial charge in [0, 0.05) is 0 Å². The van der Waals surface area contributed by atoms with Gasteiger partial charge in [0.1, 0.15) is 16.8 Å². The minimum Gasteiger partial charge on any atom is -0.249 e. The zero-order valence-corrected chi connectivity index (χ0v) is 10.1. The molecule has 0 saturated heterocycles. The number of nitrogens with zero attached hydrogens (tertiary/aromatic N) is 3. The van der Waals surface area contributed by atoms with Crippen LogP contribution in [0.15, 0.2) is 0 Å². The Morgan fingerprint density at radius 2 is 1.94 bits per heavy atom. The number of aromatic nitrogens is 2. The first kappa shape index (κ1) is 13.8. The van der Waals surface area contributed by atoms with E-state index in [2.05, 4.69) is 5.10 Å². The highest BCUT2D eigenvalue weighted by Gasteiger charge is 2.39. The molecule has 1 heterocycles. The lowest BCUT2D eigenvalue weighted by Gasteiger charge is -2.13. The van der Waals surface area contributed by atoms with Crippen LogP contribution in [-0.2, 0) is 6.18 Å². The summed E-state index contributed by atoms with van der Waals surface area (Å²) in [6, 6.07) is 1.23. The Morgan fingerprint density at radius 1 is 1.41 bits per heavy atom. The first-order valence-electron chi connectivity index (χ1n) is 5.12. The summed E-state index contributed by atoms with van der Waals surface area (Å²) < 4.78 is 38.9. The minimum absolute atomic E-state index is 0.231. The molecular weight excluding hydrogens is 255 g/mol. The molecule has 1 rings (SSSR count). The molecule has 17 heavy (non-hydrogen) atoms. The summed E-state index contributed by atoms with van der Waals surface area (Å²) in [5.74, 6) is 0. The van der Waals surface area contributed by atoms with E-state index in [1.807, 2.05) is 13.8 Å². The highest BCUT2D eigenvalue weighted by atomic mass is 35.5. The first-order chi connectivity index (χ1) is 7.86. The molecule has 0 fully saturated rings. The van der Waals surface area contributed by atoms with E-state index in [0.717, 1.165) is 4.68 Å². The van der Waals surface area contributed by atoms with Gasteiger partial charge in [-0.2, -0.15) is 23.5 Å². The van der Waals surface area contributed by atoms with Crippen molar-refractivity contribution in [1.29, 1.82) is 5.26 Å². The van der Waals surface area contributed by atoms with Crippen LogP contribution in [-0.4, -0.2) is 9.78 Å². The molecule has 0 aliphatic heterocycles. The fourth-order valence-electron chi connectivity index (χ4n) is 1.59. The summed E-state index contributed by atoms with van der Waals surface area (Å²) in [7, 11) is 0. The molecule has 0 saturated carbocycles. The summed E-state index contributed by atoms with van der Waals surface area (Å²) in [5.41, 5.74) is -1.82. The molecule has 0 radical (unpaired) electrons. The van der Waals surface area contributed by atoms with Crippen molar-refractivity contribution in [3.8, 4) is 6.07 Å². The van der Waals surface area contributed by atoms with E-state index in [4.69, 9.17) is 16.9 Å². The van der Waals surface area contributed by atoms with Crippen LogP contribution >= 0.6 is 11.6 Å². The molecule has 0 aromatic carbocycles. The number of alkyl halides is 3. The van der Waals surface area contributed by atoms with E-state index in [0.29, 0.717) is 12.8 Å². The Balaban J connectivity index is 3.38. The van der Waals surface area contributed by atoms with Crippen molar-refractivity contribution in [2.45, 2.75) is 38.9 Å². The molecule has 1 aromatic heterocycles. The summed E-state index contributed by atoms with van der Waals surface area (Å²) >= 11 is 5.77. The van der Waals surface area contributed by atoms with Gasteiger partial charge in [-0.25, -0.2) is 4.68 Å². The molecule has 0 unspecified atom stereocenters. The maximum Gasteiger partial charge on any atom is 0.436 e. The lowest BCUT2D eigenvalue weighted by molar-refractivity contribution is -0.141. The number of hydrogen-bond donors (Lipinski definition) is 0. The fraction of sp³-hybridized carbons (Fsp3) is 0.600. The Hall–Kier alpha value is -1.22. The molecule has 0 N–H and O–H groups in total. The van der Waals surface area contributed by atoms with E-state index in [9.17, 15) is 13.2 Å². The molecule has 0 spiro atoms. The van der Waals surface area contributed by atoms with E-state index in [-0.39, 0.29) is 11.2 Å². The van der Waals surface area contributed by atoms with Crippen LogP contribution < -0.4 is 0 Å². The van der Waals surface area contributed by atoms with Gasteiger partial charge < -0.3 is 0 Å². The van der Waals surface area contributed by atoms with Gasteiger partial charge >= 0.3 is 6.18 Å². The van der Waals surface area contributed by atoms with Crippen LogP contribution in [0.2, 0.25) is 5.15 Å². The zero-order chi connectivity index (χ0) is 13.2. The van der Waals surface area contributed by atoms with Gasteiger partial charge in [0.2, 0.25) is 0 Å². The third-order valence-corrected chi connectivity index (χ3v) is 2.88. The van der Waals surface area contributed by atoms with Crippen LogP contribution in [0, 0.1) is 11.3 Å². The Morgan fingerprint density at radius 3 is 2.24 bits per heavy atom. The molecular formula is C10H11ClF3N3. The predicted octanol–water partition coefficient (Wildman–Crippen LogP) is 3.79. The summed E-state index contributed by atoms with van der Waals surface area (Å²) in [4.78, 5) is 0. The summed E-state index contributed by atoms with van der Waals surface area (Å²) in [5, 5.41) is 11.9. The molecule has 7 heteroatoms. The third kappa shape index (κ3) is 2.55. The lowest BCUT2D eigenvalue weighted by atomic mass is 10.2. The van der Waals surface area contributed by atoms with Crippen LogP contribution in [0.4, 0.5) is 13.2 Å². The van der Waals surface area contributed by atoms with Crippen molar-refractivity contribution < 1.29 is 13.2 Å². The number of nitriles is 1. The van der Waals surface area contributed by atoms with Gasteiger partial charge in [0.25, 0.3) is 0 Å². The maximum absolute atomic E-state index is 12.6. The molecule has 0 aliphatic carbocycles. The van der Waals surface area contributed by atoms with Gasteiger partial charge in [0.15, 0.2) is 5.69 Å². The summed E-state index contributed by atoms with van der Waals surface area (Å²) in [6.07, 6.45) is -3.47. The fourth-order valence-corrected chi connectivity index (χ4v) is 1.90. The van der Waals surface area contributed by atoms with E-state index in [1.54, 1.807) is 0 Å². The Bertz CT molecular complexity index is 441. The SMILES string of the molecule is CCC(CC)n1nc(C(F)(F)F)c(C#N)c1Cl. The number of halogens is 4. The molecule has 1 aromatic rings. The van der Waals surface area contributed by atoms with Crippen LogP contribution in [0.25, 0.3) is 0 Å². The number of rotatable bonds is 3. The molecule has 3 nitrogen and oxygen atoms in total. The highest BCUT2D eigenvalue weighted by molar-refractivity contribution is 6.30. The minimum atomic E-state index is -4.66. The molecule has 0 amide bonds. The van der Waals surface area contributed by atoms with Gasteiger partial charge in [-0.3, -0.25) is 0 Å². The highest BCUT2D eigenvalue weighted by Crippen LogP contribution is 2.35. The average molecular weight is 266 g/mol. The third-order valence-electron chi connectivity index (χ3n) is 2.52. The summed E-state index contributed by atoms with van der Waals surface area (Å²) in [6.45, 7) is 3.65. The maximum atomic E-state index is 12.6. The molecule has 0 aliphatic rings. The van der Waals surface area contributed by atoms with Crippen molar-refractivity contribution in [2.75, 3.05) is 0 Å². The standard InChI is InChI=1S/C10H11ClF3N3/c1-3-6(4-2)17-9(11)7(5-15)8(16-17)10(12,13)14/h6H,3-4H2,1-2H3. The Labute approximate surface area is 102 Å². The second kappa shape index (κ2) is 4.96. The Kier molecular flexibility index (Phi) is 4.04. The topological polar surface area (TPSA) is 41.6 Å². The first-order valence-corrected chi connectivity index (χ1v) is 5.49. The second-order valence-electron chi connectivity index (χ2n) is 3.54. The molecule has 0 atom stereocenters. The normalized spacial score (nSPS) is 11.9. The second-order valence-corrected chi connectivity index (χ2v) is 3.90. The van der Waals surface area contributed by atoms with Gasteiger partial charge in [-0.15, -0.1) is 0 Å². The predicted molar refractivity (Wildman–Crippen MR) is 56.6 cm³/mol. The van der Waals surface area contributed by atoms with Crippen molar-refractivity contribution in [2.24, 2.45) is 0 Å². The smallest absolute Gasteiger partial charge is 0.249 e. The van der Waals surface area contributed by atoms with E-state index >= 15 is 0 Å². The van der Waals surface area contributed by atoms with Crippen LogP contribution in [0.5, 0.6) is 0 Å². The molecule has 0 bridgehead atoms.